The number of carbonyl (C=O) groups excluding carboxylic acids is 1. The van der Waals surface area contributed by atoms with E-state index in [-0.39, 0.29) is 5.91 Å². The lowest BCUT2D eigenvalue weighted by Gasteiger charge is -2.33. The van der Waals surface area contributed by atoms with Crippen molar-refractivity contribution in [1.82, 2.24) is 29.8 Å². The fraction of sp³-hybridized carbons (Fsp3) is 0.478. The molecular weight excluding hydrogens is 436 g/mol. The topological polar surface area (TPSA) is 120 Å². The number of aliphatic hydroxyl groups excluding tert-OH is 1. The first kappa shape index (κ1) is 21.4. The van der Waals surface area contributed by atoms with Crippen LogP contribution in [0.25, 0.3) is 5.65 Å². The van der Waals surface area contributed by atoms with Gasteiger partial charge in [0.2, 0.25) is 0 Å². The third-order valence-corrected chi connectivity index (χ3v) is 6.89. The first-order chi connectivity index (χ1) is 16.7. The molecule has 3 N–H and O–H groups in total. The van der Waals surface area contributed by atoms with Crippen LogP contribution in [0.3, 0.4) is 0 Å². The number of amides is 1. The van der Waals surface area contributed by atoms with E-state index in [1.54, 1.807) is 23.0 Å². The maximum absolute atomic E-state index is 13.3. The summed E-state index contributed by atoms with van der Waals surface area (Å²) in [5.74, 6) is 0.366. The maximum atomic E-state index is 13.3. The SMILES string of the molecule is O=C(Nc1cc2c(nc1N1CCOCC1)C(O)N(C1CCNCC1)C2)c1cnn2cccnc12. The fourth-order valence-corrected chi connectivity index (χ4v) is 5.10. The number of rotatable bonds is 4. The number of aliphatic hydroxyl groups is 1. The Morgan fingerprint density at radius 1 is 1.24 bits per heavy atom. The van der Waals surface area contributed by atoms with Crippen molar-refractivity contribution >= 4 is 23.1 Å². The molecule has 3 aromatic heterocycles. The van der Waals surface area contributed by atoms with E-state index < -0.39 is 6.23 Å². The number of nitrogens with zero attached hydrogens (tertiary/aromatic N) is 6. The normalized spacial score (nSPS) is 21.7. The van der Waals surface area contributed by atoms with Crippen molar-refractivity contribution in [2.75, 3.05) is 49.6 Å². The van der Waals surface area contributed by atoms with E-state index >= 15 is 0 Å². The van der Waals surface area contributed by atoms with Gasteiger partial charge in [-0.1, -0.05) is 0 Å². The van der Waals surface area contributed by atoms with Crippen LogP contribution in [0.4, 0.5) is 11.5 Å². The fourth-order valence-electron chi connectivity index (χ4n) is 5.10. The summed E-state index contributed by atoms with van der Waals surface area (Å²) in [4.78, 5) is 26.7. The van der Waals surface area contributed by atoms with E-state index in [0.717, 1.165) is 31.5 Å². The van der Waals surface area contributed by atoms with Gasteiger partial charge in [-0.15, -0.1) is 0 Å². The molecule has 2 fully saturated rings. The van der Waals surface area contributed by atoms with Crippen LogP contribution in [0, 0.1) is 0 Å². The number of ether oxygens (including phenoxy) is 1. The molecule has 6 heterocycles. The molecule has 0 spiro atoms. The Hall–Kier alpha value is -3.12. The Morgan fingerprint density at radius 3 is 2.88 bits per heavy atom. The molecule has 34 heavy (non-hydrogen) atoms. The summed E-state index contributed by atoms with van der Waals surface area (Å²) in [6, 6.07) is 4.04. The first-order valence-electron chi connectivity index (χ1n) is 11.8. The molecule has 178 valence electrons. The van der Waals surface area contributed by atoms with Gasteiger partial charge in [0.1, 0.15) is 5.56 Å². The summed E-state index contributed by atoms with van der Waals surface area (Å²) in [6.45, 7) is 5.03. The summed E-state index contributed by atoms with van der Waals surface area (Å²) < 4.78 is 7.10. The molecule has 0 bridgehead atoms. The lowest BCUT2D eigenvalue weighted by Crippen LogP contribution is -2.42. The van der Waals surface area contributed by atoms with Gasteiger partial charge in [0.15, 0.2) is 17.7 Å². The Bertz CT molecular complexity index is 1200. The molecule has 1 unspecified atom stereocenters. The molecule has 11 heteroatoms. The lowest BCUT2D eigenvalue weighted by atomic mass is 10.1. The summed E-state index contributed by atoms with van der Waals surface area (Å²) in [5.41, 5.74) is 3.13. The van der Waals surface area contributed by atoms with Crippen molar-refractivity contribution < 1.29 is 14.6 Å². The Morgan fingerprint density at radius 2 is 2.06 bits per heavy atom. The minimum atomic E-state index is -0.744. The van der Waals surface area contributed by atoms with Gasteiger partial charge in [-0.2, -0.15) is 5.10 Å². The van der Waals surface area contributed by atoms with E-state index in [2.05, 4.69) is 30.5 Å². The predicted molar refractivity (Wildman–Crippen MR) is 125 cm³/mol. The Labute approximate surface area is 196 Å². The molecule has 0 radical (unpaired) electrons. The number of pyridine rings is 1. The van der Waals surface area contributed by atoms with Crippen molar-refractivity contribution in [3.63, 3.8) is 0 Å². The highest BCUT2D eigenvalue weighted by atomic mass is 16.5. The van der Waals surface area contributed by atoms with Crippen molar-refractivity contribution in [3.05, 3.63) is 47.5 Å². The van der Waals surface area contributed by atoms with E-state index in [1.165, 1.54) is 6.20 Å². The minimum Gasteiger partial charge on any atom is -0.378 e. The number of hydrogen-bond acceptors (Lipinski definition) is 9. The van der Waals surface area contributed by atoms with Gasteiger partial charge in [0, 0.05) is 38.1 Å². The van der Waals surface area contributed by atoms with Gasteiger partial charge < -0.3 is 25.4 Å². The smallest absolute Gasteiger partial charge is 0.261 e. The molecule has 11 nitrogen and oxygen atoms in total. The molecule has 0 aromatic carbocycles. The van der Waals surface area contributed by atoms with Gasteiger partial charge >= 0.3 is 0 Å². The second-order valence-electron chi connectivity index (χ2n) is 8.93. The predicted octanol–water partition coefficient (Wildman–Crippen LogP) is 0.772. The van der Waals surface area contributed by atoms with Crippen LogP contribution >= 0.6 is 0 Å². The molecule has 6 rings (SSSR count). The largest absolute Gasteiger partial charge is 0.378 e. The third kappa shape index (κ3) is 3.80. The zero-order chi connectivity index (χ0) is 23.1. The maximum Gasteiger partial charge on any atom is 0.261 e. The van der Waals surface area contributed by atoms with Crippen LogP contribution < -0.4 is 15.5 Å². The number of nitrogens with one attached hydrogen (secondary N) is 2. The van der Waals surface area contributed by atoms with Gasteiger partial charge in [-0.05, 0) is 43.6 Å². The van der Waals surface area contributed by atoms with Gasteiger partial charge in [-0.3, -0.25) is 9.69 Å². The van der Waals surface area contributed by atoms with Crippen molar-refractivity contribution in [1.29, 1.82) is 0 Å². The number of fused-ring (bicyclic) bond motifs is 2. The molecule has 3 aliphatic heterocycles. The van der Waals surface area contributed by atoms with E-state index in [4.69, 9.17) is 9.72 Å². The number of aromatic nitrogens is 4. The second-order valence-corrected chi connectivity index (χ2v) is 8.93. The van der Waals surface area contributed by atoms with Gasteiger partial charge in [0.05, 0.1) is 30.8 Å². The van der Waals surface area contributed by atoms with Crippen LogP contribution in [-0.4, -0.2) is 80.9 Å². The monoisotopic (exact) mass is 464 g/mol. The number of carbonyl (C=O) groups is 1. The molecule has 3 aromatic rings. The molecule has 2 saturated heterocycles. The third-order valence-electron chi connectivity index (χ3n) is 6.89. The highest BCUT2D eigenvalue weighted by Gasteiger charge is 2.37. The molecule has 1 amide bonds. The number of piperidine rings is 1. The van der Waals surface area contributed by atoms with Crippen molar-refractivity contribution in [2.45, 2.75) is 31.7 Å². The van der Waals surface area contributed by atoms with Crippen LogP contribution in [0.2, 0.25) is 0 Å². The van der Waals surface area contributed by atoms with E-state index in [0.29, 0.717) is 67.3 Å². The quantitative estimate of drug-likeness (QED) is 0.514. The standard InChI is InChI=1S/C23H28N8O3/c32-22(17-13-26-31-7-1-4-25-20(17)31)27-18-12-15-14-30(16-2-5-24-6-3-16)23(33)19(15)28-21(18)29-8-10-34-11-9-29/h1,4,7,12-13,16,23-24,33H,2-3,5-6,8-11,14H2,(H,27,32). The zero-order valence-electron chi connectivity index (χ0n) is 18.9. The van der Waals surface area contributed by atoms with Crippen LogP contribution in [0.15, 0.2) is 30.7 Å². The lowest BCUT2D eigenvalue weighted by molar-refractivity contribution is -0.0268. The van der Waals surface area contributed by atoms with Crippen molar-refractivity contribution in [2.24, 2.45) is 0 Å². The molecule has 0 saturated carbocycles. The summed E-state index contributed by atoms with van der Waals surface area (Å²) in [6.07, 6.45) is 6.16. The Kier molecular flexibility index (Phi) is 5.61. The number of anilines is 2. The van der Waals surface area contributed by atoms with Crippen molar-refractivity contribution in [3.8, 4) is 0 Å². The van der Waals surface area contributed by atoms with Crippen LogP contribution in [0.1, 0.15) is 40.7 Å². The molecule has 1 atom stereocenters. The molecule has 0 aliphatic carbocycles. The highest BCUT2D eigenvalue weighted by Crippen LogP contribution is 2.39. The molecular formula is C23H28N8O3. The average molecular weight is 465 g/mol. The number of hydrogen-bond donors (Lipinski definition) is 3. The zero-order valence-corrected chi connectivity index (χ0v) is 18.9. The first-order valence-corrected chi connectivity index (χ1v) is 11.8. The summed E-state index contributed by atoms with van der Waals surface area (Å²) in [7, 11) is 0. The minimum absolute atomic E-state index is 0.293. The average Bonchev–Trinajstić information content (AvgIpc) is 3.46. The molecule has 3 aliphatic rings. The van der Waals surface area contributed by atoms with Gasteiger partial charge in [0.25, 0.3) is 5.91 Å². The van der Waals surface area contributed by atoms with E-state index in [9.17, 15) is 9.90 Å². The van der Waals surface area contributed by atoms with E-state index in [1.807, 2.05) is 6.07 Å². The Balaban J connectivity index is 1.34. The van der Waals surface area contributed by atoms with Crippen LogP contribution in [0.5, 0.6) is 0 Å². The van der Waals surface area contributed by atoms with Gasteiger partial charge in [-0.25, -0.2) is 14.5 Å². The summed E-state index contributed by atoms with van der Waals surface area (Å²) >= 11 is 0. The van der Waals surface area contributed by atoms with Crippen LogP contribution in [-0.2, 0) is 11.3 Å². The second kappa shape index (κ2) is 8.91. The highest BCUT2D eigenvalue weighted by molar-refractivity contribution is 6.09. The number of morpholine rings is 1. The summed E-state index contributed by atoms with van der Waals surface area (Å²) in [5, 5.41) is 21.8.